The summed E-state index contributed by atoms with van der Waals surface area (Å²) in [6.45, 7) is 0. The van der Waals surface area contributed by atoms with Gasteiger partial charge in [-0.2, -0.15) is 5.10 Å². The van der Waals surface area contributed by atoms with Gasteiger partial charge in [-0.15, -0.1) is 0 Å². The Hall–Kier alpha value is -4.41. The average Bonchev–Trinajstić information content (AvgIpc) is 3.23. The summed E-state index contributed by atoms with van der Waals surface area (Å²) in [4.78, 5) is 45.0. The minimum absolute atomic E-state index is 0.0136. The highest BCUT2D eigenvalue weighted by Crippen LogP contribution is 2.45. The minimum Gasteiger partial charge on any atom is -0.481 e. The van der Waals surface area contributed by atoms with E-state index in [2.05, 4.69) is 5.10 Å². The Morgan fingerprint density at radius 1 is 1.00 bits per heavy atom. The van der Waals surface area contributed by atoms with Crippen LogP contribution in [0.5, 0.6) is 0 Å². The highest BCUT2D eigenvalue weighted by molar-refractivity contribution is 6.08. The van der Waals surface area contributed by atoms with Crippen LogP contribution in [-0.2, 0) is 9.59 Å². The van der Waals surface area contributed by atoms with Crippen LogP contribution in [0.2, 0.25) is 0 Å². The number of hydrogen-bond acceptors (Lipinski definition) is 7. The standard InChI is InChI=1S/C24H22N4O7/c29-21(12-13-22(30)31)26-24(16-6-10-19(11-7-16)28(34)35)20-3-1-2-17(23(20)25-26)14-15-4-8-18(9-5-15)27(32)33/h4-11,14,20,24H,1-3,12-13H2,(H,30,31)/b17-14-/t20-,24+/m0/s1. The van der Waals surface area contributed by atoms with Crippen LogP contribution in [0.3, 0.4) is 0 Å². The van der Waals surface area contributed by atoms with Crippen LogP contribution < -0.4 is 0 Å². The van der Waals surface area contributed by atoms with Crippen LogP contribution in [0.1, 0.15) is 49.3 Å². The van der Waals surface area contributed by atoms with Crippen molar-refractivity contribution in [1.29, 1.82) is 0 Å². The topological polar surface area (TPSA) is 156 Å². The molecule has 180 valence electrons. The van der Waals surface area contributed by atoms with Crippen molar-refractivity contribution < 1.29 is 24.5 Å². The Balaban J connectivity index is 1.69. The molecule has 0 bridgehead atoms. The molecule has 11 nitrogen and oxygen atoms in total. The Labute approximate surface area is 199 Å². The number of nitro groups is 2. The van der Waals surface area contributed by atoms with E-state index in [-0.39, 0.29) is 30.1 Å². The molecule has 4 rings (SSSR count). The molecule has 2 aromatic rings. The van der Waals surface area contributed by atoms with Crippen molar-refractivity contribution in [3.63, 3.8) is 0 Å². The van der Waals surface area contributed by atoms with Crippen molar-refractivity contribution >= 4 is 35.0 Å². The first-order valence-electron chi connectivity index (χ1n) is 11.1. The Kier molecular flexibility index (Phi) is 6.67. The van der Waals surface area contributed by atoms with E-state index in [1.165, 1.54) is 29.3 Å². The summed E-state index contributed by atoms with van der Waals surface area (Å²) in [7, 11) is 0. The molecule has 0 unspecified atom stereocenters. The van der Waals surface area contributed by atoms with E-state index in [9.17, 15) is 29.8 Å². The van der Waals surface area contributed by atoms with Gasteiger partial charge in [0.1, 0.15) is 0 Å². The van der Waals surface area contributed by atoms with Gasteiger partial charge in [0.25, 0.3) is 11.4 Å². The number of allylic oxidation sites excluding steroid dienone is 1. The number of carboxylic acid groups (broad SMARTS) is 1. The van der Waals surface area contributed by atoms with Gasteiger partial charge >= 0.3 is 5.97 Å². The molecule has 0 radical (unpaired) electrons. The zero-order valence-corrected chi connectivity index (χ0v) is 18.6. The van der Waals surface area contributed by atoms with E-state index < -0.39 is 27.8 Å². The number of hydrazone groups is 1. The largest absolute Gasteiger partial charge is 0.481 e. The zero-order chi connectivity index (χ0) is 25.1. The number of nitro benzene ring substituents is 2. The van der Waals surface area contributed by atoms with E-state index in [0.717, 1.165) is 24.0 Å². The number of hydrogen-bond donors (Lipinski definition) is 1. The van der Waals surface area contributed by atoms with Gasteiger partial charge in [-0.1, -0.05) is 12.1 Å². The number of carboxylic acids is 1. The second-order valence-corrected chi connectivity index (χ2v) is 8.43. The first-order chi connectivity index (χ1) is 16.7. The third-order valence-electron chi connectivity index (χ3n) is 6.20. The molecule has 1 fully saturated rings. The molecular formula is C24H22N4O7. The third kappa shape index (κ3) is 5.08. The lowest BCUT2D eigenvalue weighted by molar-refractivity contribution is -0.385. The van der Waals surface area contributed by atoms with Crippen LogP contribution in [0, 0.1) is 26.1 Å². The number of fused-ring (bicyclic) bond motifs is 1. The maximum Gasteiger partial charge on any atom is 0.303 e. The monoisotopic (exact) mass is 478 g/mol. The van der Waals surface area contributed by atoms with Crippen LogP contribution in [0.4, 0.5) is 11.4 Å². The van der Waals surface area contributed by atoms with Gasteiger partial charge in [0, 0.05) is 36.6 Å². The maximum atomic E-state index is 13.0. The van der Waals surface area contributed by atoms with Gasteiger partial charge in [0.2, 0.25) is 5.91 Å². The molecule has 0 spiro atoms. The highest BCUT2D eigenvalue weighted by Gasteiger charge is 2.43. The molecule has 1 heterocycles. The van der Waals surface area contributed by atoms with Crippen molar-refractivity contribution in [2.75, 3.05) is 0 Å². The first kappa shape index (κ1) is 23.7. The van der Waals surface area contributed by atoms with Crippen molar-refractivity contribution in [3.05, 3.63) is 85.5 Å². The van der Waals surface area contributed by atoms with E-state index >= 15 is 0 Å². The Bertz CT molecular complexity index is 1240. The second kappa shape index (κ2) is 9.84. The van der Waals surface area contributed by atoms with Crippen molar-refractivity contribution in [3.8, 4) is 0 Å². The maximum absolute atomic E-state index is 13.0. The lowest BCUT2D eigenvalue weighted by atomic mass is 9.77. The number of carbonyl (C=O) groups excluding carboxylic acids is 1. The molecule has 0 saturated heterocycles. The number of aliphatic carboxylic acids is 1. The number of benzene rings is 2. The molecule has 11 heteroatoms. The molecule has 2 aromatic carbocycles. The predicted octanol–water partition coefficient (Wildman–Crippen LogP) is 4.49. The predicted molar refractivity (Wildman–Crippen MR) is 125 cm³/mol. The molecule has 1 N–H and O–H groups in total. The molecule has 1 saturated carbocycles. The molecule has 1 amide bonds. The van der Waals surface area contributed by atoms with Crippen LogP contribution in [0.25, 0.3) is 6.08 Å². The summed E-state index contributed by atoms with van der Waals surface area (Å²) >= 11 is 0. The van der Waals surface area contributed by atoms with Crippen molar-refractivity contribution in [2.24, 2.45) is 11.0 Å². The van der Waals surface area contributed by atoms with E-state index in [4.69, 9.17) is 5.11 Å². The quantitative estimate of drug-likeness (QED) is 0.454. The van der Waals surface area contributed by atoms with Crippen LogP contribution >= 0.6 is 0 Å². The van der Waals surface area contributed by atoms with Crippen molar-refractivity contribution in [1.82, 2.24) is 5.01 Å². The molecule has 35 heavy (non-hydrogen) atoms. The smallest absolute Gasteiger partial charge is 0.303 e. The fourth-order valence-corrected chi connectivity index (χ4v) is 4.56. The first-order valence-corrected chi connectivity index (χ1v) is 11.1. The number of rotatable bonds is 7. The molecule has 1 aliphatic carbocycles. The van der Waals surface area contributed by atoms with E-state index in [0.29, 0.717) is 17.7 Å². The third-order valence-corrected chi connectivity index (χ3v) is 6.20. The Morgan fingerprint density at radius 2 is 1.60 bits per heavy atom. The number of carbonyl (C=O) groups is 2. The number of nitrogens with zero attached hydrogens (tertiary/aromatic N) is 4. The zero-order valence-electron chi connectivity index (χ0n) is 18.6. The molecule has 2 aliphatic rings. The van der Waals surface area contributed by atoms with Gasteiger partial charge in [-0.25, -0.2) is 5.01 Å². The molecule has 2 atom stereocenters. The lowest BCUT2D eigenvalue weighted by Gasteiger charge is -2.29. The highest BCUT2D eigenvalue weighted by atomic mass is 16.6. The fraction of sp³-hybridized carbons (Fsp3) is 0.292. The molecular weight excluding hydrogens is 456 g/mol. The number of amides is 1. The summed E-state index contributed by atoms with van der Waals surface area (Å²) in [5, 5.41) is 37.0. The summed E-state index contributed by atoms with van der Waals surface area (Å²) < 4.78 is 0. The van der Waals surface area contributed by atoms with Gasteiger partial charge in [-0.05, 0) is 54.2 Å². The summed E-state index contributed by atoms with van der Waals surface area (Å²) in [6, 6.07) is 11.6. The SMILES string of the molecule is O=C(O)CCC(=O)N1N=C2/C(=C\c3ccc([N+](=O)[O-])cc3)CCC[C@@H]2[C@H]1c1ccc([N+](=O)[O-])cc1. The minimum atomic E-state index is -1.09. The van der Waals surface area contributed by atoms with Crippen LogP contribution in [-0.4, -0.2) is 37.6 Å². The Morgan fingerprint density at radius 3 is 2.17 bits per heavy atom. The van der Waals surface area contributed by atoms with Gasteiger partial charge < -0.3 is 5.11 Å². The van der Waals surface area contributed by atoms with Gasteiger partial charge in [-0.3, -0.25) is 29.8 Å². The van der Waals surface area contributed by atoms with Crippen molar-refractivity contribution in [2.45, 2.75) is 38.1 Å². The second-order valence-electron chi connectivity index (χ2n) is 8.43. The molecule has 0 aromatic heterocycles. The average molecular weight is 478 g/mol. The number of non-ortho nitro benzene ring substituents is 2. The van der Waals surface area contributed by atoms with E-state index in [1.54, 1.807) is 24.3 Å². The van der Waals surface area contributed by atoms with Gasteiger partial charge in [0.15, 0.2) is 0 Å². The lowest BCUT2D eigenvalue weighted by Crippen LogP contribution is -2.32. The summed E-state index contributed by atoms with van der Waals surface area (Å²) in [5.41, 5.74) is 2.97. The van der Waals surface area contributed by atoms with E-state index in [1.807, 2.05) is 6.08 Å². The van der Waals surface area contributed by atoms with Gasteiger partial charge in [0.05, 0.1) is 28.0 Å². The summed E-state index contributed by atoms with van der Waals surface area (Å²) in [5.74, 6) is -1.69. The molecule has 1 aliphatic heterocycles. The normalized spacial score (nSPS) is 20.3. The summed E-state index contributed by atoms with van der Waals surface area (Å²) in [6.07, 6.45) is 3.61. The fourth-order valence-electron chi connectivity index (χ4n) is 4.56. The van der Waals surface area contributed by atoms with Crippen LogP contribution in [0.15, 0.2) is 59.2 Å².